The number of rotatable bonds is 6. The lowest BCUT2D eigenvalue weighted by atomic mass is 10.2. The van der Waals surface area contributed by atoms with Crippen molar-refractivity contribution in [2.24, 2.45) is 0 Å². The van der Waals surface area contributed by atoms with E-state index in [4.69, 9.17) is 9.15 Å². The molecule has 0 bridgehead atoms. The quantitative estimate of drug-likeness (QED) is 0.566. The van der Waals surface area contributed by atoms with Gasteiger partial charge in [0.05, 0.1) is 24.0 Å². The molecule has 3 aromatic rings. The third-order valence-electron chi connectivity index (χ3n) is 5.61. The zero-order chi connectivity index (χ0) is 22.6. The Kier molecular flexibility index (Phi) is 6.50. The van der Waals surface area contributed by atoms with E-state index in [0.29, 0.717) is 25.2 Å². The smallest absolute Gasteiger partial charge is 0.289 e. The Hall–Kier alpha value is -3.26. The minimum absolute atomic E-state index is 0.0994. The molecule has 7 nitrogen and oxygen atoms in total. The average Bonchev–Trinajstić information content (AvgIpc) is 3.12. The van der Waals surface area contributed by atoms with E-state index in [1.165, 1.54) is 6.26 Å². The van der Waals surface area contributed by atoms with Crippen LogP contribution in [0.3, 0.4) is 0 Å². The second kappa shape index (κ2) is 9.48. The van der Waals surface area contributed by atoms with Crippen molar-refractivity contribution in [2.75, 3.05) is 38.2 Å². The number of furan rings is 1. The molecule has 8 heteroatoms. The number of methoxy groups -OCH3 is 1. The molecule has 0 aliphatic carbocycles. The summed E-state index contributed by atoms with van der Waals surface area (Å²) in [5, 5.41) is 0. The summed E-state index contributed by atoms with van der Waals surface area (Å²) in [6, 6.07) is 17.7. The molecule has 0 saturated carbocycles. The number of benzene rings is 2. The lowest BCUT2D eigenvalue weighted by molar-refractivity contribution is 0.0734. The summed E-state index contributed by atoms with van der Waals surface area (Å²) in [5.41, 5.74) is 1.46. The molecule has 0 N–H and O–H groups in total. The Morgan fingerprint density at radius 2 is 1.72 bits per heavy atom. The fraction of sp³-hybridized carbons (Fsp3) is 0.292. The van der Waals surface area contributed by atoms with E-state index in [0.717, 1.165) is 24.4 Å². The summed E-state index contributed by atoms with van der Waals surface area (Å²) in [7, 11) is -1.94. The zero-order valence-electron chi connectivity index (χ0n) is 17.9. The SMILES string of the molecule is COc1ccc(N2CCCN(C(=O)c3occc3CS(=O)(=O)c3ccccc3)CC2)cc1. The van der Waals surface area contributed by atoms with Crippen molar-refractivity contribution >= 4 is 21.4 Å². The highest BCUT2D eigenvalue weighted by Crippen LogP contribution is 2.23. The first-order valence-electron chi connectivity index (χ1n) is 10.5. The standard InChI is InChI=1S/C24H26N2O5S/c1-30-21-10-8-20(9-11-21)25-13-5-14-26(16-15-25)24(27)23-19(12-17-31-23)18-32(28,29)22-6-3-2-4-7-22/h2-4,6-12,17H,5,13-16,18H2,1H3. The maximum Gasteiger partial charge on any atom is 0.289 e. The molecule has 1 aliphatic rings. The molecule has 4 rings (SSSR count). The predicted octanol–water partition coefficient (Wildman–Crippen LogP) is 3.61. The average molecular weight is 455 g/mol. The van der Waals surface area contributed by atoms with Crippen LogP contribution >= 0.6 is 0 Å². The number of amides is 1. The molecule has 1 aromatic heterocycles. The summed E-state index contributed by atoms with van der Waals surface area (Å²) in [5.74, 6) is 0.351. The van der Waals surface area contributed by atoms with E-state index in [9.17, 15) is 13.2 Å². The highest BCUT2D eigenvalue weighted by Gasteiger charge is 2.27. The molecule has 1 saturated heterocycles. The molecule has 0 atom stereocenters. The first-order valence-corrected chi connectivity index (χ1v) is 12.2. The number of carbonyl (C=O) groups is 1. The summed E-state index contributed by atoms with van der Waals surface area (Å²) < 4.78 is 36.2. The van der Waals surface area contributed by atoms with Crippen molar-refractivity contribution in [2.45, 2.75) is 17.1 Å². The van der Waals surface area contributed by atoms with Gasteiger partial charge in [-0.3, -0.25) is 4.79 Å². The van der Waals surface area contributed by atoms with E-state index in [1.54, 1.807) is 48.4 Å². The number of sulfone groups is 1. The lowest BCUT2D eigenvalue weighted by Crippen LogP contribution is -2.35. The van der Waals surface area contributed by atoms with Crippen LogP contribution in [0.5, 0.6) is 5.75 Å². The Labute approximate surface area is 188 Å². The summed E-state index contributed by atoms with van der Waals surface area (Å²) in [6.07, 6.45) is 2.18. The van der Waals surface area contributed by atoms with Gasteiger partial charge in [0.1, 0.15) is 5.75 Å². The minimum atomic E-state index is -3.58. The van der Waals surface area contributed by atoms with Gasteiger partial charge in [-0.15, -0.1) is 0 Å². The maximum absolute atomic E-state index is 13.2. The highest BCUT2D eigenvalue weighted by atomic mass is 32.2. The predicted molar refractivity (Wildman–Crippen MR) is 122 cm³/mol. The molecule has 1 amide bonds. The largest absolute Gasteiger partial charge is 0.497 e. The van der Waals surface area contributed by atoms with E-state index in [2.05, 4.69) is 4.90 Å². The van der Waals surface area contributed by atoms with Crippen LogP contribution in [-0.2, 0) is 15.6 Å². The fourth-order valence-corrected chi connectivity index (χ4v) is 5.24. The van der Waals surface area contributed by atoms with Crippen molar-refractivity contribution in [1.82, 2.24) is 4.90 Å². The topological polar surface area (TPSA) is 80.1 Å². The van der Waals surface area contributed by atoms with Crippen LogP contribution in [0, 0.1) is 0 Å². The molecule has 0 radical (unpaired) electrons. The third-order valence-corrected chi connectivity index (χ3v) is 7.29. The normalized spacial score (nSPS) is 14.8. The first-order chi connectivity index (χ1) is 15.5. The molecule has 2 heterocycles. The van der Waals surface area contributed by atoms with Gasteiger partial charge < -0.3 is 19.0 Å². The van der Waals surface area contributed by atoms with Gasteiger partial charge in [-0.05, 0) is 48.9 Å². The highest BCUT2D eigenvalue weighted by molar-refractivity contribution is 7.90. The maximum atomic E-state index is 13.2. The first kappa shape index (κ1) is 22.0. The zero-order valence-corrected chi connectivity index (χ0v) is 18.8. The molecule has 2 aromatic carbocycles. The van der Waals surface area contributed by atoms with E-state index in [-0.39, 0.29) is 22.3 Å². The summed E-state index contributed by atoms with van der Waals surface area (Å²) >= 11 is 0. The Morgan fingerprint density at radius 3 is 2.44 bits per heavy atom. The molecule has 32 heavy (non-hydrogen) atoms. The van der Waals surface area contributed by atoms with E-state index >= 15 is 0 Å². The Bertz CT molecular complexity index is 1160. The van der Waals surface area contributed by atoms with Gasteiger partial charge in [0.2, 0.25) is 0 Å². The van der Waals surface area contributed by atoms with Gasteiger partial charge in [0, 0.05) is 37.4 Å². The van der Waals surface area contributed by atoms with Crippen molar-refractivity contribution in [1.29, 1.82) is 0 Å². The van der Waals surface area contributed by atoms with Crippen LogP contribution in [-0.4, -0.2) is 52.5 Å². The van der Waals surface area contributed by atoms with Crippen LogP contribution in [0.25, 0.3) is 0 Å². The number of carbonyl (C=O) groups excluding carboxylic acids is 1. The number of hydrogen-bond donors (Lipinski definition) is 0. The second-order valence-electron chi connectivity index (χ2n) is 7.68. The van der Waals surface area contributed by atoms with Gasteiger partial charge in [-0.25, -0.2) is 8.42 Å². The lowest BCUT2D eigenvalue weighted by Gasteiger charge is -2.23. The molecule has 168 valence electrons. The van der Waals surface area contributed by atoms with Gasteiger partial charge in [-0.2, -0.15) is 0 Å². The van der Waals surface area contributed by atoms with Crippen LogP contribution < -0.4 is 9.64 Å². The van der Waals surface area contributed by atoms with Crippen LogP contribution in [0.1, 0.15) is 22.5 Å². The fourth-order valence-electron chi connectivity index (χ4n) is 3.87. The van der Waals surface area contributed by atoms with Crippen LogP contribution in [0.2, 0.25) is 0 Å². The number of nitrogens with zero attached hydrogens (tertiary/aromatic N) is 2. The van der Waals surface area contributed by atoms with Gasteiger partial charge in [0.25, 0.3) is 5.91 Å². The molecule has 0 unspecified atom stereocenters. The molecule has 1 aliphatic heterocycles. The molecule has 0 spiro atoms. The van der Waals surface area contributed by atoms with Crippen LogP contribution in [0.4, 0.5) is 5.69 Å². The number of hydrogen-bond acceptors (Lipinski definition) is 6. The Morgan fingerprint density at radius 1 is 0.969 bits per heavy atom. The summed E-state index contributed by atoms with van der Waals surface area (Å²) in [6.45, 7) is 2.60. The minimum Gasteiger partial charge on any atom is -0.497 e. The van der Waals surface area contributed by atoms with Crippen molar-refractivity contribution in [3.05, 3.63) is 78.3 Å². The van der Waals surface area contributed by atoms with Crippen molar-refractivity contribution in [3.8, 4) is 5.75 Å². The molecule has 1 fully saturated rings. The molecular formula is C24H26N2O5S. The second-order valence-corrected chi connectivity index (χ2v) is 9.67. The van der Waals surface area contributed by atoms with Crippen molar-refractivity contribution in [3.63, 3.8) is 0 Å². The van der Waals surface area contributed by atoms with E-state index in [1.807, 2.05) is 24.3 Å². The molecular weight excluding hydrogens is 428 g/mol. The Balaban J connectivity index is 1.45. The monoisotopic (exact) mass is 454 g/mol. The summed E-state index contributed by atoms with van der Waals surface area (Å²) in [4.78, 5) is 17.4. The van der Waals surface area contributed by atoms with Gasteiger partial charge in [0.15, 0.2) is 15.6 Å². The van der Waals surface area contributed by atoms with Crippen molar-refractivity contribution < 1.29 is 22.4 Å². The van der Waals surface area contributed by atoms with E-state index < -0.39 is 9.84 Å². The number of anilines is 1. The number of ether oxygens (including phenoxy) is 1. The van der Waals surface area contributed by atoms with Gasteiger partial charge in [-0.1, -0.05) is 18.2 Å². The van der Waals surface area contributed by atoms with Gasteiger partial charge >= 0.3 is 0 Å². The third kappa shape index (κ3) is 4.80. The van der Waals surface area contributed by atoms with Crippen LogP contribution in [0.15, 0.2) is 76.2 Å².